The number of sulfone groups is 1. The van der Waals surface area contributed by atoms with Crippen molar-refractivity contribution >= 4 is 20.1 Å². The van der Waals surface area contributed by atoms with Crippen molar-refractivity contribution in [2.45, 2.75) is 15.5 Å². The van der Waals surface area contributed by atoms with Crippen molar-refractivity contribution in [3.63, 3.8) is 0 Å². The van der Waals surface area contributed by atoms with Gasteiger partial charge in [-0.15, -0.1) is 3.89 Å². The summed E-state index contributed by atoms with van der Waals surface area (Å²) in [5.74, 6) is -3.69. The first-order valence-electron chi connectivity index (χ1n) is 3.72. The molecule has 9 heteroatoms. The van der Waals surface area contributed by atoms with Gasteiger partial charge in [0.25, 0.3) is 0 Å². The van der Waals surface area contributed by atoms with Gasteiger partial charge in [0.1, 0.15) is 0 Å². The Kier molecular flexibility index (Phi) is 3.29. The Morgan fingerprint density at radius 1 is 1.00 bits per heavy atom. The van der Waals surface area contributed by atoms with E-state index in [-0.39, 0.29) is 0 Å². The molecule has 1 aromatic carbocycles. The van der Waals surface area contributed by atoms with E-state index in [2.05, 4.69) is 0 Å². The Bertz CT molecular complexity index is 592. The van der Waals surface area contributed by atoms with Crippen LogP contribution >= 0.6 is 0 Å². The highest BCUT2D eigenvalue weighted by atomic mass is 32.3. The third kappa shape index (κ3) is 2.53. The maximum Gasteiger partial charge on any atom is 0.341 e. The van der Waals surface area contributed by atoms with Gasteiger partial charge in [0.05, 0.1) is 9.79 Å². The molecule has 0 spiro atoms. The molecular formula is C7H5F3O4S2. The van der Waals surface area contributed by atoms with Crippen LogP contribution < -0.4 is 0 Å². The number of rotatable bonds is 3. The molecule has 0 aromatic heterocycles. The highest BCUT2D eigenvalue weighted by molar-refractivity contribution is 7.91. The van der Waals surface area contributed by atoms with Crippen LogP contribution in [0.4, 0.5) is 12.7 Å². The monoisotopic (exact) mass is 274 g/mol. The highest BCUT2D eigenvalue weighted by Gasteiger charge is 2.27. The first-order valence-corrected chi connectivity index (χ1v) is 6.65. The number of halogens is 3. The molecule has 0 radical (unpaired) electrons. The van der Waals surface area contributed by atoms with E-state index in [1.165, 1.54) is 0 Å². The van der Waals surface area contributed by atoms with E-state index in [0.29, 0.717) is 6.07 Å². The predicted molar refractivity (Wildman–Crippen MR) is 47.9 cm³/mol. The summed E-state index contributed by atoms with van der Waals surface area (Å²) >= 11 is 0. The van der Waals surface area contributed by atoms with Crippen molar-refractivity contribution < 1.29 is 29.5 Å². The summed E-state index contributed by atoms with van der Waals surface area (Å²) in [6, 6.07) is 2.73. The van der Waals surface area contributed by atoms with Gasteiger partial charge < -0.3 is 0 Å². The van der Waals surface area contributed by atoms with Crippen LogP contribution in [0.2, 0.25) is 0 Å². The predicted octanol–water partition coefficient (Wildman–Crippen LogP) is 1.34. The molecule has 1 aromatic rings. The lowest BCUT2D eigenvalue weighted by Crippen LogP contribution is -2.11. The van der Waals surface area contributed by atoms with E-state index in [4.69, 9.17) is 0 Å². The van der Waals surface area contributed by atoms with Crippen molar-refractivity contribution in [1.82, 2.24) is 0 Å². The molecule has 0 saturated carbocycles. The maximum atomic E-state index is 12.5. The number of hydrogen-bond acceptors (Lipinski definition) is 4. The molecule has 4 nitrogen and oxygen atoms in total. The van der Waals surface area contributed by atoms with Crippen LogP contribution in [0.5, 0.6) is 0 Å². The SMILES string of the molecule is O=S(=O)(F)c1cccc(S(=O)(=O)C(F)F)c1. The van der Waals surface area contributed by atoms with Crippen LogP contribution in [0.15, 0.2) is 34.1 Å². The average Bonchev–Trinajstić information content (AvgIpc) is 2.16. The van der Waals surface area contributed by atoms with Gasteiger partial charge in [0.15, 0.2) is 0 Å². The van der Waals surface area contributed by atoms with E-state index in [1.807, 2.05) is 0 Å². The fraction of sp³-hybridized carbons (Fsp3) is 0.143. The molecule has 0 N–H and O–H groups in total. The fourth-order valence-electron chi connectivity index (χ4n) is 0.906. The Hall–Kier alpha value is -1.09. The highest BCUT2D eigenvalue weighted by Crippen LogP contribution is 2.22. The number of hydrogen-bond donors (Lipinski definition) is 0. The minimum atomic E-state index is -5.12. The zero-order chi connectivity index (χ0) is 12.6. The van der Waals surface area contributed by atoms with Gasteiger partial charge in [0, 0.05) is 0 Å². The number of benzene rings is 1. The van der Waals surface area contributed by atoms with Crippen molar-refractivity contribution in [1.29, 1.82) is 0 Å². The summed E-state index contributed by atoms with van der Waals surface area (Å²) in [5.41, 5.74) is 0. The Morgan fingerprint density at radius 2 is 1.50 bits per heavy atom. The normalized spacial score (nSPS) is 13.0. The average molecular weight is 274 g/mol. The van der Waals surface area contributed by atoms with Gasteiger partial charge >= 0.3 is 16.0 Å². The molecule has 0 bridgehead atoms. The van der Waals surface area contributed by atoms with E-state index < -0.39 is 35.6 Å². The number of alkyl halides is 2. The first-order chi connectivity index (χ1) is 7.15. The van der Waals surface area contributed by atoms with Crippen LogP contribution in [0.1, 0.15) is 0 Å². The summed E-state index contributed by atoms with van der Waals surface area (Å²) in [7, 11) is -10.0. The maximum absolute atomic E-state index is 12.5. The summed E-state index contributed by atoms with van der Waals surface area (Å²) in [6.45, 7) is 0. The standard InChI is InChI=1S/C7H5F3O4S2/c8-7(9)15(11,12)5-2-1-3-6(4-5)16(10,13)14/h1-4,7H. The molecule has 90 valence electrons. The minimum Gasteiger partial charge on any atom is -0.218 e. The van der Waals surface area contributed by atoms with Gasteiger partial charge in [-0.3, -0.25) is 0 Å². The second-order valence-corrected chi connectivity index (χ2v) is 5.98. The van der Waals surface area contributed by atoms with Crippen molar-refractivity contribution in [2.24, 2.45) is 0 Å². The van der Waals surface area contributed by atoms with Gasteiger partial charge in [-0.05, 0) is 18.2 Å². The quantitative estimate of drug-likeness (QED) is 0.780. The smallest absolute Gasteiger partial charge is 0.218 e. The molecule has 0 unspecified atom stereocenters. The van der Waals surface area contributed by atoms with Crippen LogP contribution in [-0.4, -0.2) is 22.6 Å². The van der Waals surface area contributed by atoms with Crippen molar-refractivity contribution in [3.8, 4) is 0 Å². The zero-order valence-corrected chi connectivity index (χ0v) is 9.10. The Morgan fingerprint density at radius 3 is 1.94 bits per heavy atom. The van der Waals surface area contributed by atoms with Gasteiger partial charge in [-0.2, -0.15) is 17.2 Å². The molecule has 16 heavy (non-hydrogen) atoms. The van der Waals surface area contributed by atoms with Crippen molar-refractivity contribution in [3.05, 3.63) is 24.3 Å². The molecule has 0 saturated heterocycles. The van der Waals surface area contributed by atoms with Gasteiger partial charge in [-0.1, -0.05) is 6.07 Å². The van der Waals surface area contributed by atoms with Gasteiger partial charge in [0.2, 0.25) is 9.84 Å². The third-order valence-corrected chi connectivity index (χ3v) is 3.85. The molecule has 0 amide bonds. The molecule has 0 aliphatic carbocycles. The molecule has 0 fully saturated rings. The fourth-order valence-corrected chi connectivity index (χ4v) is 2.25. The van der Waals surface area contributed by atoms with Crippen LogP contribution in [0, 0.1) is 0 Å². The first kappa shape index (κ1) is 13.0. The van der Waals surface area contributed by atoms with E-state index in [0.717, 1.165) is 18.2 Å². The summed E-state index contributed by atoms with van der Waals surface area (Å²) in [6.07, 6.45) is 0. The minimum absolute atomic E-state index is 0.344. The van der Waals surface area contributed by atoms with Crippen molar-refractivity contribution in [2.75, 3.05) is 0 Å². The summed E-state index contributed by atoms with van der Waals surface area (Å²) < 4.78 is 79.4. The zero-order valence-electron chi connectivity index (χ0n) is 7.47. The van der Waals surface area contributed by atoms with Crippen LogP contribution in [-0.2, 0) is 20.1 Å². The van der Waals surface area contributed by atoms with E-state index >= 15 is 0 Å². The largest absolute Gasteiger partial charge is 0.341 e. The second kappa shape index (κ2) is 4.06. The summed E-state index contributed by atoms with van der Waals surface area (Å²) in [5, 5.41) is 0. The van der Waals surface area contributed by atoms with E-state index in [9.17, 15) is 29.5 Å². The molecular weight excluding hydrogens is 269 g/mol. The molecule has 0 aliphatic heterocycles. The summed E-state index contributed by atoms with van der Waals surface area (Å²) in [4.78, 5) is -1.92. The molecule has 0 aliphatic rings. The molecule has 0 heterocycles. The third-order valence-electron chi connectivity index (χ3n) is 1.65. The lowest BCUT2D eigenvalue weighted by Gasteiger charge is -2.03. The van der Waals surface area contributed by atoms with E-state index in [1.54, 1.807) is 0 Å². The van der Waals surface area contributed by atoms with Crippen LogP contribution in [0.3, 0.4) is 0 Å². The molecule has 0 atom stereocenters. The Labute approximate surface area is 89.8 Å². The lowest BCUT2D eigenvalue weighted by atomic mass is 10.4. The Balaban J connectivity index is 3.41. The molecule has 1 rings (SSSR count). The second-order valence-electron chi connectivity index (χ2n) is 2.72. The van der Waals surface area contributed by atoms with Crippen LogP contribution in [0.25, 0.3) is 0 Å². The lowest BCUT2D eigenvalue weighted by molar-refractivity contribution is 0.234. The van der Waals surface area contributed by atoms with Gasteiger partial charge in [-0.25, -0.2) is 8.42 Å². The topological polar surface area (TPSA) is 68.3 Å².